The van der Waals surface area contributed by atoms with Crippen LogP contribution >= 0.6 is 22.7 Å². The van der Waals surface area contributed by atoms with E-state index >= 15 is 0 Å². The summed E-state index contributed by atoms with van der Waals surface area (Å²) in [5, 5.41) is 36.3. The van der Waals surface area contributed by atoms with Gasteiger partial charge in [0.25, 0.3) is 0 Å². The van der Waals surface area contributed by atoms with E-state index in [1.54, 1.807) is 36.4 Å². The summed E-state index contributed by atoms with van der Waals surface area (Å²) in [4.78, 5) is 0. The van der Waals surface area contributed by atoms with Crippen LogP contribution in [0.15, 0.2) is 33.0 Å². The summed E-state index contributed by atoms with van der Waals surface area (Å²) in [7, 11) is 0. The van der Waals surface area contributed by atoms with E-state index < -0.39 is 0 Å². The second kappa shape index (κ2) is 10.5. The molecule has 3 aromatic rings. The van der Waals surface area contributed by atoms with Gasteiger partial charge in [0.05, 0.1) is 20.4 Å². The fourth-order valence-corrected chi connectivity index (χ4v) is 5.16. The molecule has 2 heterocycles. The molecular formula is C22H10N8S4. The normalized spacial score (nSPS) is 11.1. The van der Waals surface area contributed by atoms with E-state index in [4.69, 9.17) is 57.4 Å². The Kier molecular flexibility index (Phi) is 7.55. The molecule has 0 saturated carbocycles. The van der Waals surface area contributed by atoms with Crippen molar-refractivity contribution in [2.24, 2.45) is 8.73 Å². The van der Waals surface area contributed by atoms with Gasteiger partial charge in [-0.05, 0) is 36.4 Å². The zero-order chi connectivity index (χ0) is 24.8. The molecule has 0 aliphatic carbocycles. The molecule has 162 valence electrons. The van der Waals surface area contributed by atoms with Crippen LogP contribution in [0.1, 0.15) is 11.1 Å². The minimum absolute atomic E-state index is 0.0000248. The second-order valence-electron chi connectivity index (χ2n) is 6.42. The van der Waals surface area contributed by atoms with Crippen LogP contribution in [0.2, 0.25) is 0 Å². The number of thiophene rings is 2. The van der Waals surface area contributed by atoms with E-state index in [1.165, 1.54) is 22.7 Å². The molecule has 12 heteroatoms. The third-order valence-corrected chi connectivity index (χ3v) is 7.01. The van der Waals surface area contributed by atoms with Crippen LogP contribution < -0.4 is 29.6 Å². The van der Waals surface area contributed by atoms with Gasteiger partial charge in [0.1, 0.15) is 46.8 Å². The maximum absolute atomic E-state index is 9.08. The summed E-state index contributed by atoms with van der Waals surface area (Å²) in [6, 6.07) is 14.2. The van der Waals surface area contributed by atoms with Gasteiger partial charge in [0, 0.05) is 45.0 Å². The maximum Gasteiger partial charge on any atom is 0.146 e. The number of anilines is 2. The Bertz CT molecular complexity index is 1600. The van der Waals surface area contributed by atoms with Crippen LogP contribution in [0, 0.1) is 45.3 Å². The van der Waals surface area contributed by atoms with Crippen molar-refractivity contribution >= 4 is 93.6 Å². The number of hydrogen-bond donors (Lipinski definition) is 2. The number of nitriles is 4. The fraction of sp³-hybridized carbons (Fsp3) is 0. The number of nitrogens with two attached hydrogens (primary N) is 2. The monoisotopic (exact) mass is 514 g/mol. The molecule has 1 aromatic carbocycles. The molecule has 0 amide bonds. The molecule has 0 spiro atoms. The Hall–Kier alpha value is -4.30. The van der Waals surface area contributed by atoms with Crippen molar-refractivity contribution in [1.82, 2.24) is 0 Å². The Balaban J connectivity index is 2.33. The number of nitrogens with zero attached hydrogens (tertiary/aromatic N) is 6. The standard InChI is InChI=1S/C22H10N8S4/c23-7-11(8-24)17-3-1-13(33-17)5-15-19(27)22(30-32)16(20(28)21(15)29-31)6-14-2-4-18(34-14)12(9-25)10-26/h1-6H,27-28H2/b13-5+,14-6+. The average Bonchev–Trinajstić information content (AvgIpc) is 3.49. The first-order chi connectivity index (χ1) is 16.4. The van der Waals surface area contributed by atoms with Crippen molar-refractivity contribution in [2.75, 3.05) is 11.5 Å². The summed E-state index contributed by atoms with van der Waals surface area (Å²) >= 11 is 12.4. The maximum atomic E-state index is 9.08. The molecule has 0 radical (unpaired) electrons. The number of nitrogen functional groups attached to an aromatic ring is 2. The highest BCUT2D eigenvalue weighted by Crippen LogP contribution is 2.43. The van der Waals surface area contributed by atoms with Crippen LogP contribution in [-0.2, 0) is 24.9 Å². The molecule has 4 N–H and O–H groups in total. The van der Waals surface area contributed by atoms with E-state index in [0.717, 1.165) is 0 Å². The van der Waals surface area contributed by atoms with Crippen molar-refractivity contribution in [3.05, 3.63) is 53.5 Å². The Morgan fingerprint density at radius 3 is 1.35 bits per heavy atom. The molecule has 0 atom stereocenters. The van der Waals surface area contributed by atoms with Crippen molar-refractivity contribution in [1.29, 1.82) is 21.0 Å². The molecular weight excluding hydrogens is 505 g/mol. The highest BCUT2D eigenvalue weighted by Gasteiger charge is 2.19. The van der Waals surface area contributed by atoms with E-state index in [0.29, 0.717) is 29.3 Å². The van der Waals surface area contributed by atoms with Crippen molar-refractivity contribution in [3.8, 4) is 24.3 Å². The van der Waals surface area contributed by atoms with Crippen LogP contribution in [0.25, 0.3) is 23.3 Å². The molecule has 0 unspecified atom stereocenters. The average molecular weight is 515 g/mol. The lowest BCUT2D eigenvalue weighted by Gasteiger charge is -2.14. The van der Waals surface area contributed by atoms with Crippen molar-refractivity contribution in [2.45, 2.75) is 0 Å². The van der Waals surface area contributed by atoms with Gasteiger partial charge in [-0.2, -0.15) is 29.8 Å². The van der Waals surface area contributed by atoms with Crippen LogP contribution in [0.3, 0.4) is 0 Å². The highest BCUT2D eigenvalue weighted by atomic mass is 32.1. The number of benzene rings is 1. The molecule has 3 rings (SSSR count). The molecule has 0 aliphatic rings. The highest BCUT2D eigenvalue weighted by molar-refractivity contribution is 7.47. The smallest absolute Gasteiger partial charge is 0.146 e. The van der Waals surface area contributed by atoms with Crippen LogP contribution in [0.4, 0.5) is 22.7 Å². The zero-order valence-electron chi connectivity index (χ0n) is 16.9. The minimum Gasteiger partial charge on any atom is -0.396 e. The number of rotatable bonds is 4. The Morgan fingerprint density at radius 1 is 0.706 bits per heavy atom. The predicted octanol–water partition coefficient (Wildman–Crippen LogP) is 1.75. The van der Waals surface area contributed by atoms with Gasteiger partial charge in [-0.3, -0.25) is 0 Å². The summed E-state index contributed by atoms with van der Waals surface area (Å²) < 4.78 is 10.2. The van der Waals surface area contributed by atoms with Gasteiger partial charge in [0.2, 0.25) is 0 Å². The van der Waals surface area contributed by atoms with E-state index in [9.17, 15) is 0 Å². The Morgan fingerprint density at radius 2 is 1.06 bits per heavy atom. The lowest BCUT2D eigenvalue weighted by Crippen LogP contribution is -2.04. The van der Waals surface area contributed by atoms with E-state index in [2.05, 4.69) is 8.73 Å². The molecule has 0 fully saturated rings. The second-order valence-corrected chi connectivity index (χ2v) is 9.02. The zero-order valence-corrected chi connectivity index (χ0v) is 20.2. The van der Waals surface area contributed by atoms with Gasteiger partial charge in [-0.15, -0.1) is 22.7 Å². The Labute approximate surface area is 211 Å². The predicted molar refractivity (Wildman–Crippen MR) is 138 cm³/mol. The van der Waals surface area contributed by atoms with Crippen LogP contribution in [0.5, 0.6) is 0 Å². The first-order valence-corrected chi connectivity index (χ1v) is 11.4. The third-order valence-electron chi connectivity index (χ3n) is 4.55. The molecule has 0 aliphatic heterocycles. The van der Waals surface area contributed by atoms with Crippen LogP contribution in [-0.4, -0.2) is 0 Å². The van der Waals surface area contributed by atoms with Crippen molar-refractivity contribution < 1.29 is 0 Å². The summed E-state index contributed by atoms with van der Waals surface area (Å²) in [5.74, 6) is 0. The SMILES string of the molecule is N#CC(C#N)=c1cc/c(=C\c2c(N)c(N=S)c(/C=c3\ccc(=C(C#N)C#N)s3)c(N)c2N=S)s1. The fourth-order valence-electron chi connectivity index (χ4n) is 2.97. The topological polar surface area (TPSA) is 172 Å². The van der Waals surface area contributed by atoms with E-state index in [1.807, 2.05) is 24.3 Å². The van der Waals surface area contributed by atoms with Gasteiger partial charge in [-0.25, -0.2) is 0 Å². The number of hydrogen-bond acceptors (Lipinski definition) is 12. The lowest BCUT2D eigenvalue weighted by atomic mass is 10.0. The van der Waals surface area contributed by atoms with Crippen molar-refractivity contribution in [3.63, 3.8) is 0 Å². The summed E-state index contributed by atoms with van der Waals surface area (Å²) in [5.41, 5.74) is 14.5. The first-order valence-electron chi connectivity index (χ1n) is 9.08. The molecule has 34 heavy (non-hydrogen) atoms. The first kappa shape index (κ1) is 24.3. The largest absolute Gasteiger partial charge is 0.396 e. The van der Waals surface area contributed by atoms with Gasteiger partial charge in [-0.1, -0.05) is 0 Å². The summed E-state index contributed by atoms with van der Waals surface area (Å²) in [6.07, 6.45) is 3.38. The quantitative estimate of drug-likeness (QED) is 0.496. The third kappa shape index (κ3) is 4.57. The molecule has 2 aromatic heterocycles. The van der Waals surface area contributed by atoms with E-state index in [-0.39, 0.29) is 33.9 Å². The van der Waals surface area contributed by atoms with Gasteiger partial charge in [0.15, 0.2) is 0 Å². The van der Waals surface area contributed by atoms with Gasteiger partial charge < -0.3 is 11.5 Å². The lowest BCUT2D eigenvalue weighted by molar-refractivity contribution is 1.47. The van der Waals surface area contributed by atoms with Gasteiger partial charge >= 0.3 is 0 Å². The summed E-state index contributed by atoms with van der Waals surface area (Å²) in [6.45, 7) is 0. The molecule has 0 bridgehead atoms. The minimum atomic E-state index is 0.0000248. The molecule has 8 nitrogen and oxygen atoms in total. The molecule has 0 saturated heterocycles.